The largest absolute Gasteiger partial charge is 0.398 e. The number of nitrogens with zero attached hydrogens (tertiary/aromatic N) is 2. The molecule has 1 aromatic carbocycles. The predicted octanol–water partition coefficient (Wildman–Crippen LogP) is 1.43. The number of carbonyl (C=O) groups is 1. The monoisotopic (exact) mass is 265 g/mol. The maximum absolute atomic E-state index is 13.2. The highest BCUT2D eigenvalue weighted by atomic mass is 19.1. The molecule has 1 fully saturated rings. The Balaban J connectivity index is 2.19. The van der Waals surface area contributed by atoms with Crippen LogP contribution in [0.4, 0.5) is 10.1 Å². The van der Waals surface area contributed by atoms with E-state index < -0.39 is 5.82 Å². The van der Waals surface area contributed by atoms with Crippen LogP contribution in [0.3, 0.4) is 0 Å². The molecule has 104 valence electrons. The second kappa shape index (κ2) is 5.17. The molecule has 1 aliphatic heterocycles. The molecule has 0 aliphatic carbocycles. The normalized spacial score (nSPS) is 23.1. The summed E-state index contributed by atoms with van der Waals surface area (Å²) in [6.07, 6.45) is 0. The molecule has 1 aliphatic rings. The molecular formula is C14H20FN3O. The molecule has 2 unspecified atom stereocenters. The maximum Gasteiger partial charge on any atom is 0.256 e. The summed E-state index contributed by atoms with van der Waals surface area (Å²) in [5.41, 5.74) is 6.34. The van der Waals surface area contributed by atoms with Crippen LogP contribution >= 0.6 is 0 Å². The van der Waals surface area contributed by atoms with E-state index in [4.69, 9.17) is 5.73 Å². The van der Waals surface area contributed by atoms with Crippen LogP contribution in [-0.4, -0.2) is 48.9 Å². The summed E-state index contributed by atoms with van der Waals surface area (Å²) in [4.78, 5) is 16.3. The van der Waals surface area contributed by atoms with Crippen molar-refractivity contribution in [3.05, 3.63) is 29.6 Å². The number of anilines is 1. The van der Waals surface area contributed by atoms with Crippen molar-refractivity contribution >= 4 is 11.6 Å². The quantitative estimate of drug-likeness (QED) is 0.823. The average Bonchev–Trinajstić information content (AvgIpc) is 2.74. The van der Waals surface area contributed by atoms with E-state index in [-0.39, 0.29) is 11.5 Å². The molecule has 1 saturated heterocycles. The average molecular weight is 265 g/mol. The molecule has 0 spiro atoms. The van der Waals surface area contributed by atoms with Crippen molar-refractivity contribution in [3.63, 3.8) is 0 Å². The second-order valence-electron chi connectivity index (χ2n) is 5.45. The minimum atomic E-state index is -0.436. The first-order chi connectivity index (χ1) is 8.90. The van der Waals surface area contributed by atoms with E-state index >= 15 is 0 Å². The van der Waals surface area contributed by atoms with E-state index in [2.05, 4.69) is 11.8 Å². The van der Waals surface area contributed by atoms with Gasteiger partial charge in [0.25, 0.3) is 5.91 Å². The zero-order valence-electron chi connectivity index (χ0n) is 11.6. The molecule has 0 bridgehead atoms. The molecule has 1 aromatic rings. The highest BCUT2D eigenvalue weighted by Crippen LogP contribution is 2.24. The lowest BCUT2D eigenvalue weighted by Gasteiger charge is -2.22. The molecule has 19 heavy (non-hydrogen) atoms. The summed E-state index contributed by atoms with van der Waals surface area (Å²) in [6.45, 7) is 3.45. The Morgan fingerprint density at radius 2 is 2.11 bits per heavy atom. The fourth-order valence-corrected chi connectivity index (χ4v) is 2.67. The van der Waals surface area contributed by atoms with Crippen molar-refractivity contribution in [1.82, 2.24) is 9.80 Å². The van der Waals surface area contributed by atoms with E-state index in [1.165, 1.54) is 18.2 Å². The third-order valence-corrected chi connectivity index (χ3v) is 3.77. The highest BCUT2D eigenvalue weighted by Gasteiger charge is 2.34. The molecule has 0 radical (unpaired) electrons. The zero-order valence-corrected chi connectivity index (χ0v) is 11.6. The van der Waals surface area contributed by atoms with Gasteiger partial charge in [0.1, 0.15) is 5.82 Å². The van der Waals surface area contributed by atoms with Crippen LogP contribution < -0.4 is 5.73 Å². The van der Waals surface area contributed by atoms with Crippen molar-refractivity contribution in [1.29, 1.82) is 0 Å². The van der Waals surface area contributed by atoms with Crippen molar-refractivity contribution < 1.29 is 9.18 Å². The summed E-state index contributed by atoms with van der Waals surface area (Å²) < 4.78 is 13.2. The van der Waals surface area contributed by atoms with Crippen LogP contribution in [0.25, 0.3) is 0 Å². The fraction of sp³-hybridized carbons (Fsp3) is 0.500. The molecule has 2 atom stereocenters. The Hall–Kier alpha value is -1.62. The summed E-state index contributed by atoms with van der Waals surface area (Å²) in [5.74, 6) is -0.226. The van der Waals surface area contributed by atoms with Crippen LogP contribution in [0.2, 0.25) is 0 Å². The van der Waals surface area contributed by atoms with Crippen molar-refractivity contribution in [3.8, 4) is 0 Å². The van der Waals surface area contributed by atoms with Gasteiger partial charge >= 0.3 is 0 Å². The van der Waals surface area contributed by atoms with Crippen LogP contribution in [0.1, 0.15) is 17.3 Å². The van der Waals surface area contributed by atoms with Gasteiger partial charge in [-0.3, -0.25) is 4.79 Å². The number of nitrogens with two attached hydrogens (primary N) is 1. The first-order valence-electron chi connectivity index (χ1n) is 6.41. The number of rotatable bonds is 2. The third kappa shape index (κ3) is 2.71. The number of likely N-dealkylation sites (tertiary alicyclic amines) is 1. The molecule has 2 N–H and O–H groups in total. The lowest BCUT2D eigenvalue weighted by molar-refractivity contribution is 0.0782. The Morgan fingerprint density at radius 1 is 1.42 bits per heavy atom. The molecule has 1 amide bonds. The highest BCUT2D eigenvalue weighted by molar-refractivity contribution is 5.99. The topological polar surface area (TPSA) is 49.6 Å². The molecule has 0 aromatic heterocycles. The molecule has 4 nitrogen and oxygen atoms in total. The fourth-order valence-electron chi connectivity index (χ4n) is 2.67. The number of benzene rings is 1. The minimum absolute atomic E-state index is 0.187. The van der Waals surface area contributed by atoms with Gasteiger partial charge in [-0.2, -0.15) is 0 Å². The van der Waals surface area contributed by atoms with E-state index in [0.717, 1.165) is 0 Å². The molecule has 5 heteroatoms. The zero-order chi connectivity index (χ0) is 14.2. The van der Waals surface area contributed by atoms with Crippen molar-refractivity contribution in [2.75, 3.05) is 32.9 Å². The lowest BCUT2D eigenvalue weighted by Crippen LogP contribution is -2.36. The molecule has 2 rings (SSSR count). The molecule has 1 heterocycles. The Bertz CT molecular complexity index is 490. The Morgan fingerprint density at radius 3 is 2.68 bits per heavy atom. The van der Waals surface area contributed by atoms with Gasteiger partial charge in [0, 0.05) is 24.8 Å². The Kier molecular flexibility index (Phi) is 3.75. The smallest absolute Gasteiger partial charge is 0.256 e. The molecular weight excluding hydrogens is 245 g/mol. The van der Waals surface area contributed by atoms with Gasteiger partial charge in [-0.15, -0.1) is 0 Å². The summed E-state index contributed by atoms with van der Waals surface area (Å²) in [6, 6.07) is 4.25. The van der Waals surface area contributed by atoms with E-state index in [1.807, 2.05) is 14.1 Å². The van der Waals surface area contributed by atoms with Gasteiger partial charge in [0.05, 0.1) is 5.56 Å². The number of carbonyl (C=O) groups excluding carboxylic acids is 1. The number of likely N-dealkylation sites (N-methyl/N-ethyl adjacent to an activating group) is 1. The molecule has 0 saturated carbocycles. The summed E-state index contributed by atoms with van der Waals surface area (Å²) >= 11 is 0. The first kappa shape index (κ1) is 13.8. The minimum Gasteiger partial charge on any atom is -0.398 e. The van der Waals surface area contributed by atoms with Gasteiger partial charge in [0.2, 0.25) is 0 Å². The van der Waals surface area contributed by atoms with E-state index in [1.54, 1.807) is 4.90 Å². The van der Waals surface area contributed by atoms with Crippen LogP contribution in [-0.2, 0) is 0 Å². The van der Waals surface area contributed by atoms with Crippen LogP contribution in [0, 0.1) is 11.7 Å². The van der Waals surface area contributed by atoms with Gasteiger partial charge in [-0.05, 0) is 38.2 Å². The first-order valence-corrected chi connectivity index (χ1v) is 6.41. The number of amides is 1. The van der Waals surface area contributed by atoms with Gasteiger partial charge in [-0.1, -0.05) is 6.92 Å². The van der Waals surface area contributed by atoms with Gasteiger partial charge in [-0.25, -0.2) is 4.39 Å². The number of hydrogen-bond donors (Lipinski definition) is 1. The lowest BCUT2D eigenvalue weighted by atomic mass is 10.1. The SMILES string of the molecule is CC1CN(C(=O)c2cc(F)ccc2N)CC1N(C)C. The number of nitrogen functional groups attached to an aromatic ring is 1. The summed E-state index contributed by atoms with van der Waals surface area (Å²) in [5, 5.41) is 0. The van der Waals surface area contributed by atoms with Gasteiger partial charge in [0.15, 0.2) is 0 Å². The maximum atomic E-state index is 13.2. The summed E-state index contributed by atoms with van der Waals surface area (Å²) in [7, 11) is 4.01. The predicted molar refractivity (Wildman–Crippen MR) is 73.4 cm³/mol. The standard InChI is InChI=1S/C14H20FN3O/c1-9-7-18(8-13(9)17(2)3)14(19)11-6-10(15)4-5-12(11)16/h4-6,9,13H,7-8,16H2,1-3H3. The van der Waals surface area contributed by atoms with Crippen LogP contribution in [0.15, 0.2) is 18.2 Å². The van der Waals surface area contributed by atoms with Crippen LogP contribution in [0.5, 0.6) is 0 Å². The van der Waals surface area contributed by atoms with Crippen molar-refractivity contribution in [2.45, 2.75) is 13.0 Å². The van der Waals surface area contributed by atoms with Gasteiger partial charge < -0.3 is 15.5 Å². The second-order valence-corrected chi connectivity index (χ2v) is 5.45. The van der Waals surface area contributed by atoms with E-state index in [0.29, 0.717) is 30.7 Å². The third-order valence-electron chi connectivity index (χ3n) is 3.77. The Labute approximate surface area is 113 Å². The van der Waals surface area contributed by atoms with E-state index in [9.17, 15) is 9.18 Å². The van der Waals surface area contributed by atoms with Crippen molar-refractivity contribution in [2.24, 2.45) is 5.92 Å². The number of halogens is 1. The number of hydrogen-bond acceptors (Lipinski definition) is 3.